The fourth-order valence-electron chi connectivity index (χ4n) is 3.47. The largest absolute Gasteiger partial charge is 0.373 e. The molecule has 0 radical (unpaired) electrons. The molecule has 8 heteroatoms. The maximum Gasteiger partial charge on any atom is 0.230 e. The fraction of sp³-hybridized carbons (Fsp3) is 0.286. The summed E-state index contributed by atoms with van der Waals surface area (Å²) in [6.07, 6.45) is 5.37. The van der Waals surface area contributed by atoms with Gasteiger partial charge in [-0.25, -0.2) is 9.37 Å². The number of nitrogens with zero attached hydrogens (tertiary/aromatic N) is 5. The van der Waals surface area contributed by atoms with E-state index >= 15 is 0 Å². The molecule has 0 amide bonds. The van der Waals surface area contributed by atoms with Gasteiger partial charge < -0.3 is 20.1 Å². The average molecular weight is 393 g/mol. The van der Waals surface area contributed by atoms with Crippen molar-refractivity contribution in [1.82, 2.24) is 19.5 Å². The third-order valence-electron chi connectivity index (χ3n) is 4.92. The van der Waals surface area contributed by atoms with Gasteiger partial charge in [0.1, 0.15) is 17.5 Å². The molecule has 0 aliphatic carbocycles. The standard InChI is InChI=1S/C21H24FN7/c1-14(8-10-28-12-15(2)24-13-28)25-21-26-19(23-3)18-9-11-29(20(18)27-21)17-6-4-16(22)5-7-17/h4-7,12-13H,1,8-11H2,2-3H3,(H2,23,25,26,27). The Labute approximate surface area is 169 Å². The van der Waals surface area contributed by atoms with E-state index in [-0.39, 0.29) is 5.82 Å². The van der Waals surface area contributed by atoms with Crippen molar-refractivity contribution in [2.24, 2.45) is 0 Å². The van der Waals surface area contributed by atoms with Gasteiger partial charge in [0.15, 0.2) is 0 Å². The van der Waals surface area contributed by atoms with Crippen LogP contribution in [0.3, 0.4) is 0 Å². The molecule has 0 saturated heterocycles. The summed E-state index contributed by atoms with van der Waals surface area (Å²) in [5, 5.41) is 6.39. The highest BCUT2D eigenvalue weighted by Gasteiger charge is 2.26. The summed E-state index contributed by atoms with van der Waals surface area (Å²) in [7, 11) is 1.85. The fourth-order valence-corrected chi connectivity index (χ4v) is 3.47. The van der Waals surface area contributed by atoms with Gasteiger partial charge in [-0.1, -0.05) is 6.58 Å². The van der Waals surface area contributed by atoms with Crippen LogP contribution in [0.4, 0.5) is 27.7 Å². The summed E-state index contributed by atoms with van der Waals surface area (Å²) in [5.74, 6) is 1.86. The number of imidazole rings is 1. The molecular formula is C21H24FN7. The SMILES string of the molecule is C=C(CCn1cnc(C)c1)Nc1nc(NC)c2c(n1)N(c1ccc(F)cc1)CC2. The number of benzene rings is 1. The van der Waals surface area contributed by atoms with Crippen LogP contribution in [0.1, 0.15) is 17.7 Å². The monoisotopic (exact) mass is 393 g/mol. The molecule has 0 atom stereocenters. The molecule has 1 aliphatic rings. The lowest BCUT2D eigenvalue weighted by Gasteiger charge is -2.20. The number of halogens is 1. The first kappa shape index (κ1) is 18.9. The Morgan fingerprint density at radius 2 is 2.03 bits per heavy atom. The highest BCUT2D eigenvalue weighted by atomic mass is 19.1. The Bertz CT molecular complexity index is 1030. The summed E-state index contributed by atoms with van der Waals surface area (Å²) in [4.78, 5) is 15.7. The Morgan fingerprint density at radius 1 is 1.24 bits per heavy atom. The number of nitrogens with one attached hydrogen (secondary N) is 2. The molecule has 3 heterocycles. The van der Waals surface area contributed by atoms with Crippen LogP contribution in [0.5, 0.6) is 0 Å². The van der Waals surface area contributed by atoms with Crippen molar-refractivity contribution in [1.29, 1.82) is 0 Å². The van der Waals surface area contributed by atoms with Gasteiger partial charge in [0, 0.05) is 49.7 Å². The van der Waals surface area contributed by atoms with Crippen molar-refractivity contribution in [3.63, 3.8) is 0 Å². The van der Waals surface area contributed by atoms with Crippen LogP contribution >= 0.6 is 0 Å². The zero-order valence-corrected chi connectivity index (χ0v) is 16.6. The zero-order valence-electron chi connectivity index (χ0n) is 16.6. The van der Waals surface area contributed by atoms with E-state index in [4.69, 9.17) is 4.98 Å². The second-order valence-electron chi connectivity index (χ2n) is 7.06. The van der Waals surface area contributed by atoms with Crippen molar-refractivity contribution < 1.29 is 4.39 Å². The van der Waals surface area contributed by atoms with Gasteiger partial charge in [-0.2, -0.15) is 9.97 Å². The summed E-state index contributed by atoms with van der Waals surface area (Å²) in [6.45, 7) is 7.62. The number of aromatic nitrogens is 4. The molecule has 3 aromatic rings. The van der Waals surface area contributed by atoms with Crippen LogP contribution in [-0.4, -0.2) is 33.1 Å². The quantitative estimate of drug-likeness (QED) is 0.635. The topological polar surface area (TPSA) is 70.9 Å². The molecule has 1 aliphatic heterocycles. The molecular weight excluding hydrogens is 369 g/mol. The van der Waals surface area contributed by atoms with Crippen LogP contribution in [-0.2, 0) is 13.0 Å². The van der Waals surface area contributed by atoms with E-state index in [2.05, 4.69) is 32.1 Å². The number of anilines is 4. The highest BCUT2D eigenvalue weighted by molar-refractivity contribution is 5.72. The summed E-state index contributed by atoms with van der Waals surface area (Å²) >= 11 is 0. The van der Waals surface area contributed by atoms with E-state index < -0.39 is 0 Å². The molecule has 0 unspecified atom stereocenters. The molecule has 0 fully saturated rings. The number of rotatable bonds is 7. The first-order chi connectivity index (χ1) is 14.0. The third-order valence-corrected chi connectivity index (χ3v) is 4.92. The van der Waals surface area contributed by atoms with Crippen LogP contribution in [0.2, 0.25) is 0 Å². The normalized spacial score (nSPS) is 12.7. The van der Waals surface area contributed by atoms with Crippen molar-refractivity contribution >= 4 is 23.3 Å². The highest BCUT2D eigenvalue weighted by Crippen LogP contribution is 2.37. The van der Waals surface area contributed by atoms with Gasteiger partial charge >= 0.3 is 0 Å². The lowest BCUT2D eigenvalue weighted by molar-refractivity contribution is 0.628. The minimum absolute atomic E-state index is 0.251. The molecule has 4 rings (SSSR count). The predicted molar refractivity (Wildman–Crippen MR) is 113 cm³/mol. The van der Waals surface area contributed by atoms with Gasteiger partial charge in [0.2, 0.25) is 5.95 Å². The van der Waals surface area contributed by atoms with Crippen LogP contribution < -0.4 is 15.5 Å². The summed E-state index contributed by atoms with van der Waals surface area (Å²) in [5.41, 5.74) is 3.78. The lowest BCUT2D eigenvalue weighted by Crippen LogP contribution is -2.15. The van der Waals surface area contributed by atoms with E-state index in [0.717, 1.165) is 60.2 Å². The second kappa shape index (κ2) is 7.90. The van der Waals surface area contributed by atoms with Crippen LogP contribution in [0.15, 0.2) is 49.1 Å². The first-order valence-corrected chi connectivity index (χ1v) is 9.58. The number of aryl methyl sites for hydroxylation is 2. The summed E-state index contributed by atoms with van der Waals surface area (Å²) in [6, 6.07) is 6.47. The molecule has 0 saturated carbocycles. The number of hydrogen-bond acceptors (Lipinski definition) is 6. The Morgan fingerprint density at radius 3 is 2.72 bits per heavy atom. The average Bonchev–Trinajstić information content (AvgIpc) is 3.32. The van der Waals surface area contributed by atoms with Crippen LogP contribution in [0, 0.1) is 12.7 Å². The van der Waals surface area contributed by atoms with Gasteiger partial charge in [-0.15, -0.1) is 0 Å². The molecule has 2 aromatic heterocycles. The zero-order chi connectivity index (χ0) is 20.4. The van der Waals surface area contributed by atoms with Crippen molar-refractivity contribution in [2.45, 2.75) is 26.3 Å². The molecule has 150 valence electrons. The molecule has 0 spiro atoms. The second-order valence-corrected chi connectivity index (χ2v) is 7.06. The smallest absolute Gasteiger partial charge is 0.230 e. The summed E-state index contributed by atoms with van der Waals surface area (Å²) < 4.78 is 15.3. The van der Waals surface area contributed by atoms with E-state index in [1.165, 1.54) is 12.1 Å². The number of fused-ring (bicyclic) bond motifs is 1. The molecule has 0 bridgehead atoms. The Balaban J connectivity index is 1.53. The van der Waals surface area contributed by atoms with E-state index in [1.54, 1.807) is 12.1 Å². The van der Waals surface area contributed by atoms with Gasteiger partial charge in [-0.05, 0) is 37.6 Å². The van der Waals surface area contributed by atoms with Gasteiger partial charge in [0.25, 0.3) is 0 Å². The minimum atomic E-state index is -0.251. The Kier molecular flexibility index (Phi) is 5.16. The van der Waals surface area contributed by atoms with E-state index in [9.17, 15) is 4.39 Å². The molecule has 7 nitrogen and oxygen atoms in total. The predicted octanol–water partition coefficient (Wildman–Crippen LogP) is 3.87. The minimum Gasteiger partial charge on any atom is -0.373 e. The van der Waals surface area contributed by atoms with Crippen molar-refractivity contribution in [3.05, 3.63) is 66.1 Å². The maximum absolute atomic E-state index is 13.3. The number of hydrogen-bond donors (Lipinski definition) is 2. The van der Waals surface area contributed by atoms with Crippen molar-refractivity contribution in [3.8, 4) is 0 Å². The maximum atomic E-state index is 13.3. The third kappa shape index (κ3) is 4.06. The van der Waals surface area contributed by atoms with Gasteiger partial charge in [0.05, 0.1) is 12.0 Å². The Hall–Kier alpha value is -3.42. The van der Waals surface area contributed by atoms with E-state index in [1.807, 2.05) is 31.1 Å². The van der Waals surface area contributed by atoms with E-state index in [0.29, 0.717) is 5.95 Å². The van der Waals surface area contributed by atoms with Gasteiger partial charge in [-0.3, -0.25) is 0 Å². The number of allylic oxidation sites excluding steroid dienone is 1. The molecule has 2 N–H and O–H groups in total. The first-order valence-electron chi connectivity index (χ1n) is 9.58. The molecule has 1 aromatic carbocycles. The lowest BCUT2D eigenvalue weighted by atomic mass is 10.2. The molecule has 29 heavy (non-hydrogen) atoms. The van der Waals surface area contributed by atoms with Crippen molar-refractivity contribution in [2.75, 3.05) is 29.1 Å². The van der Waals surface area contributed by atoms with Crippen LogP contribution in [0.25, 0.3) is 0 Å².